The SMILES string of the molecule is C1=CCC(n2cc(-c3cccc(-c4cccc(-c5cccc(-c6nc(-c7ccccc7)nc(-c7ccccc7)n6)c5)c4)c3)c3ccc4ccccc4c32)C=C1. The van der Waals surface area contributed by atoms with Gasteiger partial charge in [0, 0.05) is 39.2 Å². The third kappa shape index (κ3) is 6.24. The van der Waals surface area contributed by atoms with Crippen LogP contribution in [-0.4, -0.2) is 19.5 Å². The highest BCUT2D eigenvalue weighted by Gasteiger charge is 2.19. The van der Waals surface area contributed by atoms with E-state index in [1.54, 1.807) is 0 Å². The molecule has 4 nitrogen and oxygen atoms in total. The quantitative estimate of drug-likeness (QED) is 0.166. The number of hydrogen-bond acceptors (Lipinski definition) is 3. The zero-order valence-electron chi connectivity index (χ0n) is 30.1. The largest absolute Gasteiger partial charge is 0.339 e. The van der Waals surface area contributed by atoms with Crippen LogP contribution < -0.4 is 0 Å². The highest BCUT2D eigenvalue weighted by Crippen LogP contribution is 2.40. The molecule has 0 fully saturated rings. The van der Waals surface area contributed by atoms with Gasteiger partial charge in [-0.25, -0.2) is 15.0 Å². The molecule has 0 bridgehead atoms. The molecule has 0 amide bonds. The molecule has 0 N–H and O–H groups in total. The lowest BCUT2D eigenvalue weighted by Crippen LogP contribution is -2.05. The van der Waals surface area contributed by atoms with E-state index in [1.165, 1.54) is 38.4 Å². The fourth-order valence-corrected chi connectivity index (χ4v) is 7.81. The Balaban J connectivity index is 1.03. The average molecular weight is 705 g/mol. The minimum atomic E-state index is 0.273. The summed E-state index contributed by atoms with van der Waals surface area (Å²) >= 11 is 0. The van der Waals surface area contributed by atoms with Crippen molar-refractivity contribution >= 4 is 21.7 Å². The number of aromatic nitrogens is 4. The van der Waals surface area contributed by atoms with Crippen molar-refractivity contribution in [3.05, 3.63) is 200 Å². The zero-order chi connectivity index (χ0) is 36.6. The Morgan fingerprint density at radius 1 is 0.418 bits per heavy atom. The summed E-state index contributed by atoms with van der Waals surface area (Å²) in [4.78, 5) is 14.8. The Labute approximate surface area is 320 Å². The fourth-order valence-electron chi connectivity index (χ4n) is 7.81. The van der Waals surface area contributed by atoms with Crippen molar-refractivity contribution < 1.29 is 0 Å². The number of hydrogen-bond donors (Lipinski definition) is 0. The maximum absolute atomic E-state index is 4.98. The number of nitrogens with zero attached hydrogens (tertiary/aromatic N) is 4. The molecular weight excluding hydrogens is 669 g/mol. The van der Waals surface area contributed by atoms with Gasteiger partial charge in [0.05, 0.1) is 11.6 Å². The molecule has 2 heterocycles. The van der Waals surface area contributed by atoms with Crippen LogP contribution in [0.25, 0.3) is 89.2 Å². The third-order valence-corrected chi connectivity index (χ3v) is 10.6. The summed E-state index contributed by atoms with van der Waals surface area (Å²) in [5.41, 5.74) is 11.2. The van der Waals surface area contributed by atoms with Crippen LogP contribution in [0, 0.1) is 0 Å². The Morgan fingerprint density at radius 3 is 1.55 bits per heavy atom. The highest BCUT2D eigenvalue weighted by molar-refractivity contribution is 6.11. The number of allylic oxidation sites excluding steroid dienone is 4. The van der Waals surface area contributed by atoms with E-state index >= 15 is 0 Å². The molecule has 10 rings (SSSR count). The summed E-state index contributed by atoms with van der Waals surface area (Å²) < 4.78 is 2.48. The number of fused-ring (bicyclic) bond motifs is 3. The number of rotatable bonds is 7. The van der Waals surface area contributed by atoms with E-state index < -0.39 is 0 Å². The van der Waals surface area contributed by atoms with E-state index in [-0.39, 0.29) is 6.04 Å². The molecule has 1 aliphatic carbocycles. The normalized spacial score (nSPS) is 13.8. The lowest BCUT2D eigenvalue weighted by atomic mass is 9.95. The Morgan fingerprint density at radius 2 is 0.927 bits per heavy atom. The second-order valence-corrected chi connectivity index (χ2v) is 14.0. The van der Waals surface area contributed by atoms with E-state index in [4.69, 9.17) is 15.0 Å². The second-order valence-electron chi connectivity index (χ2n) is 14.0. The topological polar surface area (TPSA) is 43.6 Å². The maximum Gasteiger partial charge on any atom is 0.164 e. The van der Waals surface area contributed by atoms with Gasteiger partial charge in [-0.1, -0.05) is 176 Å². The van der Waals surface area contributed by atoms with Gasteiger partial charge in [0.1, 0.15) is 0 Å². The average Bonchev–Trinajstić information content (AvgIpc) is 3.68. The van der Waals surface area contributed by atoms with Gasteiger partial charge < -0.3 is 4.57 Å². The second kappa shape index (κ2) is 14.0. The molecule has 1 unspecified atom stereocenters. The first-order valence-corrected chi connectivity index (χ1v) is 18.8. The molecular formula is C51H36N4. The van der Waals surface area contributed by atoms with Gasteiger partial charge in [-0.2, -0.15) is 0 Å². The summed E-state index contributed by atoms with van der Waals surface area (Å²) in [6.07, 6.45) is 12.2. The predicted octanol–water partition coefficient (Wildman–Crippen LogP) is 13.0. The molecule has 0 aliphatic heterocycles. The van der Waals surface area contributed by atoms with Crippen molar-refractivity contribution in [3.8, 4) is 67.5 Å². The van der Waals surface area contributed by atoms with Crippen molar-refractivity contribution in [3.63, 3.8) is 0 Å². The van der Waals surface area contributed by atoms with E-state index in [2.05, 4.69) is 144 Å². The third-order valence-electron chi connectivity index (χ3n) is 10.6. The Hall–Kier alpha value is -7.17. The van der Waals surface area contributed by atoms with Crippen LogP contribution in [0.4, 0.5) is 0 Å². The molecule has 9 aromatic rings. The van der Waals surface area contributed by atoms with Gasteiger partial charge in [-0.15, -0.1) is 0 Å². The van der Waals surface area contributed by atoms with Crippen molar-refractivity contribution in [2.75, 3.05) is 0 Å². The van der Waals surface area contributed by atoms with E-state index in [1.807, 2.05) is 60.7 Å². The van der Waals surface area contributed by atoms with Crippen molar-refractivity contribution in [2.45, 2.75) is 12.5 Å². The van der Waals surface area contributed by atoms with E-state index in [9.17, 15) is 0 Å². The zero-order valence-corrected chi connectivity index (χ0v) is 30.1. The van der Waals surface area contributed by atoms with Crippen LogP contribution in [-0.2, 0) is 0 Å². The molecule has 4 heteroatoms. The van der Waals surface area contributed by atoms with Gasteiger partial charge in [0.15, 0.2) is 17.5 Å². The van der Waals surface area contributed by atoms with Crippen LogP contribution in [0.3, 0.4) is 0 Å². The number of benzene rings is 7. The molecule has 55 heavy (non-hydrogen) atoms. The summed E-state index contributed by atoms with van der Waals surface area (Å²) in [5, 5.41) is 3.81. The van der Waals surface area contributed by atoms with Crippen molar-refractivity contribution in [1.82, 2.24) is 19.5 Å². The molecule has 0 spiro atoms. The van der Waals surface area contributed by atoms with Gasteiger partial charge in [0.25, 0.3) is 0 Å². The van der Waals surface area contributed by atoms with Gasteiger partial charge in [-0.05, 0) is 57.8 Å². The molecule has 0 saturated carbocycles. The maximum atomic E-state index is 4.98. The van der Waals surface area contributed by atoms with Crippen LogP contribution in [0.5, 0.6) is 0 Å². The molecule has 1 atom stereocenters. The first-order valence-electron chi connectivity index (χ1n) is 18.8. The van der Waals surface area contributed by atoms with Gasteiger partial charge in [-0.3, -0.25) is 0 Å². The lowest BCUT2D eigenvalue weighted by Gasteiger charge is -2.17. The summed E-state index contributed by atoms with van der Waals surface area (Å²) in [6.45, 7) is 0. The Kier molecular flexibility index (Phi) is 8.27. The molecule has 0 radical (unpaired) electrons. The van der Waals surface area contributed by atoms with Crippen LogP contribution >= 0.6 is 0 Å². The standard InChI is InChI=1S/C51H36N4/c1-4-16-36(17-5-1)49-52-50(37-18-6-2-7-19-37)54-51(53-49)43-25-14-23-41(33-43)39-21-12-20-38(31-39)40-22-13-24-42(32-40)47-34-55(44-26-8-3-9-27-44)48-45-28-11-10-15-35(45)29-30-46(47)48/h1-26,28-34,44H,27H2. The van der Waals surface area contributed by atoms with Crippen molar-refractivity contribution in [2.24, 2.45) is 0 Å². The van der Waals surface area contributed by atoms with Crippen LogP contribution in [0.15, 0.2) is 200 Å². The highest BCUT2D eigenvalue weighted by atomic mass is 15.0. The minimum absolute atomic E-state index is 0.273. The monoisotopic (exact) mass is 704 g/mol. The summed E-state index contributed by atoms with van der Waals surface area (Å²) in [6, 6.07) is 60.0. The first-order chi connectivity index (χ1) is 27.2. The molecule has 7 aromatic carbocycles. The molecule has 2 aromatic heterocycles. The minimum Gasteiger partial charge on any atom is -0.339 e. The smallest absolute Gasteiger partial charge is 0.164 e. The van der Waals surface area contributed by atoms with Gasteiger partial charge >= 0.3 is 0 Å². The molecule has 1 aliphatic rings. The molecule has 260 valence electrons. The lowest BCUT2D eigenvalue weighted by molar-refractivity contribution is 0.631. The summed E-state index contributed by atoms with van der Waals surface area (Å²) in [7, 11) is 0. The molecule has 0 saturated heterocycles. The van der Waals surface area contributed by atoms with Crippen LogP contribution in [0.2, 0.25) is 0 Å². The predicted molar refractivity (Wildman–Crippen MR) is 227 cm³/mol. The van der Waals surface area contributed by atoms with Gasteiger partial charge in [0.2, 0.25) is 0 Å². The summed E-state index contributed by atoms with van der Waals surface area (Å²) in [5.74, 6) is 1.95. The van der Waals surface area contributed by atoms with E-state index in [0.717, 1.165) is 39.8 Å². The fraction of sp³-hybridized carbons (Fsp3) is 0.0392. The van der Waals surface area contributed by atoms with Crippen molar-refractivity contribution in [1.29, 1.82) is 0 Å². The van der Waals surface area contributed by atoms with E-state index in [0.29, 0.717) is 17.5 Å². The van der Waals surface area contributed by atoms with Crippen LogP contribution in [0.1, 0.15) is 12.5 Å². The first kappa shape index (κ1) is 32.5. The Bertz CT molecular complexity index is 2840.